The Labute approximate surface area is 179 Å². The molecule has 2 saturated heterocycles. The second kappa shape index (κ2) is 9.64. The minimum atomic E-state index is -0.434. The molecular formula is C19H24ClN5O3S. The highest BCUT2D eigenvalue weighted by Crippen LogP contribution is 2.32. The van der Waals surface area contributed by atoms with E-state index in [0.29, 0.717) is 15.7 Å². The van der Waals surface area contributed by atoms with Gasteiger partial charge in [-0.3, -0.25) is 10.2 Å². The number of piperidine rings is 1. The zero-order valence-electron chi connectivity index (χ0n) is 15.9. The van der Waals surface area contributed by atoms with Gasteiger partial charge >= 0.3 is 5.97 Å². The Kier molecular flexibility index (Phi) is 7.20. The average molecular weight is 438 g/mol. The number of fused-ring (bicyclic) bond motifs is 1. The number of hydrogen-bond donors (Lipinski definition) is 4. The Morgan fingerprint density at radius 2 is 2.07 bits per heavy atom. The van der Waals surface area contributed by atoms with Gasteiger partial charge in [0.25, 0.3) is 0 Å². The van der Waals surface area contributed by atoms with Crippen molar-refractivity contribution in [1.82, 2.24) is 21.2 Å². The van der Waals surface area contributed by atoms with Crippen LogP contribution in [0.25, 0.3) is 11.3 Å². The van der Waals surface area contributed by atoms with E-state index in [4.69, 9.17) is 4.74 Å². The van der Waals surface area contributed by atoms with Gasteiger partial charge in [-0.25, -0.2) is 15.2 Å². The van der Waals surface area contributed by atoms with Crippen LogP contribution in [0.2, 0.25) is 0 Å². The molecule has 2 aliphatic rings. The van der Waals surface area contributed by atoms with Crippen LogP contribution in [0.1, 0.15) is 23.0 Å². The van der Waals surface area contributed by atoms with Crippen molar-refractivity contribution in [3.8, 4) is 11.3 Å². The third-order valence-electron chi connectivity index (χ3n) is 5.03. The van der Waals surface area contributed by atoms with Crippen molar-refractivity contribution in [2.45, 2.75) is 25.4 Å². The maximum atomic E-state index is 12.8. The first-order chi connectivity index (χ1) is 13.7. The normalized spacial score (nSPS) is 23.0. The second-order valence-electron chi connectivity index (χ2n) is 6.80. The highest BCUT2D eigenvalue weighted by Gasteiger charge is 2.41. The van der Waals surface area contributed by atoms with E-state index < -0.39 is 5.97 Å². The van der Waals surface area contributed by atoms with Crippen LogP contribution in [0, 0.1) is 5.92 Å². The summed E-state index contributed by atoms with van der Waals surface area (Å²) in [5.74, 6) is -0.421. The third kappa shape index (κ3) is 4.59. The lowest BCUT2D eigenvalue weighted by atomic mass is 9.89. The number of amides is 1. The summed E-state index contributed by atoms with van der Waals surface area (Å²) in [5.41, 5.74) is 7.64. The molecule has 2 aliphatic heterocycles. The number of carbonyl (C=O) groups is 2. The summed E-state index contributed by atoms with van der Waals surface area (Å²) >= 11 is 1.14. The fraction of sp³-hybridized carbons (Fsp3) is 0.421. The quantitative estimate of drug-likeness (QED) is 0.529. The molecule has 8 nitrogen and oxygen atoms in total. The van der Waals surface area contributed by atoms with Gasteiger partial charge in [0.2, 0.25) is 5.91 Å². The van der Waals surface area contributed by atoms with Gasteiger partial charge in [-0.05, 0) is 19.9 Å². The molecule has 3 atom stereocenters. The lowest BCUT2D eigenvalue weighted by Gasteiger charge is -2.27. The molecule has 1 amide bonds. The third-order valence-corrected chi connectivity index (χ3v) is 5.98. The van der Waals surface area contributed by atoms with Crippen molar-refractivity contribution in [2.24, 2.45) is 5.92 Å². The van der Waals surface area contributed by atoms with E-state index in [1.54, 1.807) is 6.92 Å². The molecule has 0 spiro atoms. The number of nitrogens with one attached hydrogen (secondary N) is 4. The molecular weight excluding hydrogens is 414 g/mol. The predicted molar refractivity (Wildman–Crippen MR) is 114 cm³/mol. The smallest absolute Gasteiger partial charge is 0.350 e. The van der Waals surface area contributed by atoms with E-state index in [9.17, 15) is 9.59 Å². The summed E-state index contributed by atoms with van der Waals surface area (Å²) in [7, 11) is 0. The highest BCUT2D eigenvalue weighted by molar-refractivity contribution is 7.18. The van der Waals surface area contributed by atoms with Gasteiger partial charge in [0.1, 0.15) is 10.9 Å². The lowest BCUT2D eigenvalue weighted by Crippen LogP contribution is -2.47. The van der Waals surface area contributed by atoms with E-state index in [0.717, 1.165) is 36.4 Å². The molecule has 1 aromatic heterocycles. The summed E-state index contributed by atoms with van der Waals surface area (Å²) in [4.78, 5) is 30.1. The molecule has 3 unspecified atom stereocenters. The number of anilines is 1. The molecule has 2 aromatic rings. The molecule has 0 radical (unpaired) electrons. The van der Waals surface area contributed by atoms with Crippen LogP contribution in [-0.4, -0.2) is 48.6 Å². The average Bonchev–Trinajstić information content (AvgIpc) is 3.33. The van der Waals surface area contributed by atoms with Crippen LogP contribution in [0.4, 0.5) is 5.13 Å². The number of aromatic nitrogens is 1. The Bertz CT molecular complexity index is 863. The Morgan fingerprint density at radius 3 is 2.83 bits per heavy atom. The predicted octanol–water partition coefficient (Wildman–Crippen LogP) is 1.80. The Balaban J connectivity index is 0.00000240. The van der Waals surface area contributed by atoms with Crippen molar-refractivity contribution >= 4 is 40.8 Å². The summed E-state index contributed by atoms with van der Waals surface area (Å²) in [6.45, 7) is 3.77. The molecule has 0 bridgehead atoms. The van der Waals surface area contributed by atoms with Crippen LogP contribution < -0.4 is 21.5 Å². The Hall–Kier alpha value is -2.04. The lowest BCUT2D eigenvalue weighted by molar-refractivity contribution is -0.118. The number of benzene rings is 1. The van der Waals surface area contributed by atoms with Crippen LogP contribution in [0.3, 0.4) is 0 Å². The Morgan fingerprint density at radius 1 is 1.28 bits per heavy atom. The molecule has 4 rings (SSSR count). The largest absolute Gasteiger partial charge is 0.462 e. The first-order valence-corrected chi connectivity index (χ1v) is 10.2. The summed E-state index contributed by atoms with van der Waals surface area (Å²) in [6.07, 6.45) is 0.976. The fourth-order valence-electron chi connectivity index (χ4n) is 3.66. The van der Waals surface area contributed by atoms with Gasteiger partial charge in [0, 0.05) is 24.1 Å². The van der Waals surface area contributed by atoms with Gasteiger partial charge in [0.05, 0.1) is 12.3 Å². The van der Waals surface area contributed by atoms with E-state index in [-0.39, 0.29) is 42.9 Å². The van der Waals surface area contributed by atoms with Crippen molar-refractivity contribution in [2.75, 3.05) is 25.0 Å². The molecule has 3 heterocycles. The number of hydrazine groups is 1. The van der Waals surface area contributed by atoms with Crippen LogP contribution in [0.15, 0.2) is 30.3 Å². The van der Waals surface area contributed by atoms with Crippen molar-refractivity contribution in [1.29, 1.82) is 0 Å². The number of hydrogen-bond acceptors (Lipinski definition) is 8. The number of esters is 1. The SMILES string of the molecule is CCOC(=O)c1sc(NC(=O)C2NNC3CCNCC32)nc1-c1ccccc1.Cl. The fourth-order valence-corrected chi connectivity index (χ4v) is 4.54. The minimum Gasteiger partial charge on any atom is -0.462 e. The standard InChI is InChI=1S/C19H23N5O3S.ClH/c1-2-27-18(26)16-14(11-6-4-3-5-7-11)21-19(28-16)22-17(25)15-12-10-20-9-8-13(12)23-24-15;/h3-7,12-13,15,20,23-24H,2,8-10H2,1H3,(H,21,22,25);1H. The van der Waals surface area contributed by atoms with Crippen LogP contribution >= 0.6 is 23.7 Å². The molecule has 2 fully saturated rings. The van der Waals surface area contributed by atoms with Crippen molar-refractivity contribution in [3.05, 3.63) is 35.2 Å². The molecule has 0 saturated carbocycles. The highest BCUT2D eigenvalue weighted by atomic mass is 35.5. The van der Waals surface area contributed by atoms with Gasteiger partial charge < -0.3 is 15.4 Å². The van der Waals surface area contributed by atoms with E-state index in [1.807, 2.05) is 30.3 Å². The number of ether oxygens (including phenoxy) is 1. The van der Waals surface area contributed by atoms with Gasteiger partial charge in [-0.1, -0.05) is 41.7 Å². The number of rotatable bonds is 5. The van der Waals surface area contributed by atoms with Crippen LogP contribution in [-0.2, 0) is 9.53 Å². The summed E-state index contributed by atoms with van der Waals surface area (Å²) < 4.78 is 5.17. The first kappa shape index (κ1) is 21.7. The molecule has 1 aromatic carbocycles. The maximum absolute atomic E-state index is 12.8. The summed E-state index contributed by atoms with van der Waals surface area (Å²) in [5, 5.41) is 6.60. The number of thiazole rings is 1. The molecule has 29 heavy (non-hydrogen) atoms. The molecule has 4 N–H and O–H groups in total. The van der Waals surface area contributed by atoms with E-state index in [1.165, 1.54) is 0 Å². The van der Waals surface area contributed by atoms with Crippen LogP contribution in [0.5, 0.6) is 0 Å². The summed E-state index contributed by atoms with van der Waals surface area (Å²) in [6, 6.07) is 9.35. The zero-order valence-corrected chi connectivity index (χ0v) is 17.6. The first-order valence-electron chi connectivity index (χ1n) is 9.43. The topological polar surface area (TPSA) is 104 Å². The van der Waals surface area contributed by atoms with Gasteiger partial charge in [0.15, 0.2) is 5.13 Å². The monoisotopic (exact) mass is 437 g/mol. The number of nitrogens with zero attached hydrogens (tertiary/aromatic N) is 1. The van der Waals surface area contributed by atoms with E-state index >= 15 is 0 Å². The van der Waals surface area contributed by atoms with E-state index in [2.05, 4.69) is 26.5 Å². The maximum Gasteiger partial charge on any atom is 0.350 e. The number of halogens is 1. The zero-order chi connectivity index (χ0) is 19.5. The molecule has 0 aliphatic carbocycles. The van der Waals surface area contributed by atoms with Gasteiger partial charge in [-0.15, -0.1) is 12.4 Å². The molecule has 156 valence electrons. The van der Waals surface area contributed by atoms with Gasteiger partial charge in [-0.2, -0.15) is 0 Å². The van der Waals surface area contributed by atoms with Crippen molar-refractivity contribution < 1.29 is 14.3 Å². The number of carbonyl (C=O) groups excluding carboxylic acids is 2. The molecule has 10 heteroatoms. The second-order valence-corrected chi connectivity index (χ2v) is 7.80. The van der Waals surface area contributed by atoms with Crippen molar-refractivity contribution in [3.63, 3.8) is 0 Å². The minimum absolute atomic E-state index is 0.